The molecule has 2 atom stereocenters. The van der Waals surface area contributed by atoms with E-state index in [0.29, 0.717) is 6.04 Å². The van der Waals surface area contributed by atoms with Crippen molar-refractivity contribution in [1.29, 1.82) is 0 Å². The quantitative estimate of drug-likeness (QED) is 0.569. The molecule has 1 saturated heterocycles. The summed E-state index contributed by atoms with van der Waals surface area (Å²) in [5.74, 6) is 0.740. The molecule has 1 aliphatic rings. The zero-order valence-corrected chi connectivity index (χ0v) is 8.67. The summed E-state index contributed by atoms with van der Waals surface area (Å²) in [7, 11) is 4.34. The Morgan fingerprint density at radius 3 is 2.58 bits per heavy atom. The minimum Gasteiger partial charge on any atom is -0.304 e. The lowest BCUT2D eigenvalue weighted by atomic mass is 10.0. The monoisotopic (exact) mass is 171 g/mol. The zero-order chi connectivity index (χ0) is 9.14. The minimum absolute atomic E-state index is 0.667. The first-order valence-corrected chi connectivity index (χ1v) is 4.70. The molecular formula is C9H21N3. The van der Waals surface area contributed by atoms with Crippen LogP contribution in [0.3, 0.4) is 0 Å². The van der Waals surface area contributed by atoms with E-state index in [1.165, 1.54) is 0 Å². The van der Waals surface area contributed by atoms with Crippen LogP contribution in [-0.4, -0.2) is 49.8 Å². The molecule has 0 bridgehead atoms. The van der Waals surface area contributed by atoms with Crippen molar-refractivity contribution in [3.05, 3.63) is 0 Å². The smallest absolute Gasteiger partial charge is 0.0514 e. The summed E-state index contributed by atoms with van der Waals surface area (Å²) in [4.78, 5) is 4.70. The Kier molecular flexibility index (Phi) is 3.50. The predicted molar refractivity (Wildman–Crippen MR) is 51.9 cm³/mol. The Morgan fingerprint density at radius 2 is 1.92 bits per heavy atom. The molecule has 1 N–H and O–H groups in total. The van der Waals surface area contributed by atoms with Crippen molar-refractivity contribution in [3.8, 4) is 0 Å². The maximum atomic E-state index is 3.44. The fourth-order valence-electron chi connectivity index (χ4n) is 1.65. The molecule has 0 aromatic heterocycles. The van der Waals surface area contributed by atoms with E-state index in [0.717, 1.165) is 25.8 Å². The van der Waals surface area contributed by atoms with Crippen LogP contribution in [0, 0.1) is 5.92 Å². The normalized spacial score (nSPS) is 36.0. The van der Waals surface area contributed by atoms with E-state index in [4.69, 9.17) is 0 Å². The maximum Gasteiger partial charge on any atom is 0.0514 e. The fourth-order valence-corrected chi connectivity index (χ4v) is 1.65. The van der Waals surface area contributed by atoms with Gasteiger partial charge in [0, 0.05) is 19.3 Å². The third kappa shape index (κ3) is 2.44. The third-order valence-corrected chi connectivity index (χ3v) is 2.83. The van der Waals surface area contributed by atoms with Gasteiger partial charge in [-0.2, -0.15) is 0 Å². The van der Waals surface area contributed by atoms with Gasteiger partial charge in [0.1, 0.15) is 0 Å². The Bertz CT molecular complexity index is 138. The number of rotatable bonds is 0. The van der Waals surface area contributed by atoms with Crippen LogP contribution in [0.25, 0.3) is 0 Å². The second kappa shape index (κ2) is 4.21. The Morgan fingerprint density at radius 1 is 1.25 bits per heavy atom. The molecular weight excluding hydrogens is 150 g/mol. The van der Waals surface area contributed by atoms with Gasteiger partial charge in [-0.05, 0) is 26.9 Å². The third-order valence-electron chi connectivity index (χ3n) is 2.83. The van der Waals surface area contributed by atoms with E-state index < -0.39 is 0 Å². The first-order chi connectivity index (χ1) is 5.61. The van der Waals surface area contributed by atoms with Crippen LogP contribution in [0.2, 0.25) is 0 Å². The highest BCUT2D eigenvalue weighted by molar-refractivity contribution is 4.74. The molecule has 0 saturated carbocycles. The van der Waals surface area contributed by atoms with Crippen molar-refractivity contribution in [2.75, 3.05) is 34.0 Å². The largest absolute Gasteiger partial charge is 0.304 e. The Labute approximate surface area is 75.7 Å². The molecule has 0 aliphatic carbocycles. The number of nitrogens with zero attached hydrogens (tertiary/aromatic N) is 2. The Hall–Kier alpha value is -0.120. The maximum absolute atomic E-state index is 3.44. The van der Waals surface area contributed by atoms with E-state index in [-0.39, 0.29) is 0 Å². The second-order valence-corrected chi connectivity index (χ2v) is 4.08. The standard InChI is InChI=1S/C9H21N3/c1-8-5-10-6-11(3)7-12(4)9(8)2/h8-10H,5-7H2,1-4H3. The molecule has 0 aromatic rings. The van der Waals surface area contributed by atoms with Crippen LogP contribution >= 0.6 is 0 Å². The topological polar surface area (TPSA) is 18.5 Å². The second-order valence-electron chi connectivity index (χ2n) is 4.08. The first kappa shape index (κ1) is 9.96. The molecule has 12 heavy (non-hydrogen) atoms. The average molecular weight is 171 g/mol. The van der Waals surface area contributed by atoms with Crippen molar-refractivity contribution >= 4 is 0 Å². The zero-order valence-electron chi connectivity index (χ0n) is 8.67. The van der Waals surface area contributed by atoms with Crippen LogP contribution in [0.4, 0.5) is 0 Å². The molecule has 1 fully saturated rings. The molecule has 3 nitrogen and oxygen atoms in total. The molecule has 72 valence electrons. The highest BCUT2D eigenvalue weighted by Gasteiger charge is 2.19. The van der Waals surface area contributed by atoms with Crippen molar-refractivity contribution in [1.82, 2.24) is 15.1 Å². The fraction of sp³-hybridized carbons (Fsp3) is 1.00. The van der Waals surface area contributed by atoms with Gasteiger partial charge in [0.2, 0.25) is 0 Å². The lowest BCUT2D eigenvalue weighted by molar-refractivity contribution is 0.0892. The molecule has 1 heterocycles. The highest BCUT2D eigenvalue weighted by Crippen LogP contribution is 2.10. The predicted octanol–water partition coefficient (Wildman–Crippen LogP) is 0.393. The highest BCUT2D eigenvalue weighted by atomic mass is 15.3. The van der Waals surface area contributed by atoms with E-state index in [2.05, 4.69) is 43.1 Å². The number of hydrogen-bond acceptors (Lipinski definition) is 3. The molecule has 1 aliphatic heterocycles. The van der Waals surface area contributed by atoms with Crippen LogP contribution in [0.15, 0.2) is 0 Å². The summed E-state index contributed by atoms with van der Waals surface area (Å²) in [5.41, 5.74) is 0. The van der Waals surface area contributed by atoms with Gasteiger partial charge in [-0.3, -0.25) is 9.80 Å². The van der Waals surface area contributed by atoms with Gasteiger partial charge in [-0.25, -0.2) is 0 Å². The lowest BCUT2D eigenvalue weighted by Gasteiger charge is -2.36. The molecule has 1 rings (SSSR count). The molecule has 0 aromatic carbocycles. The van der Waals surface area contributed by atoms with Gasteiger partial charge in [-0.1, -0.05) is 6.92 Å². The first-order valence-electron chi connectivity index (χ1n) is 4.70. The van der Waals surface area contributed by atoms with Crippen LogP contribution in [0.1, 0.15) is 13.8 Å². The molecule has 0 amide bonds. The summed E-state index contributed by atoms with van der Waals surface area (Å²) in [6, 6.07) is 0.667. The number of hydrogen-bond donors (Lipinski definition) is 1. The van der Waals surface area contributed by atoms with Crippen molar-refractivity contribution in [3.63, 3.8) is 0 Å². The Balaban J connectivity index is 2.50. The van der Waals surface area contributed by atoms with Gasteiger partial charge in [0.25, 0.3) is 0 Å². The summed E-state index contributed by atoms with van der Waals surface area (Å²) < 4.78 is 0. The number of nitrogens with one attached hydrogen (secondary N) is 1. The van der Waals surface area contributed by atoms with Crippen molar-refractivity contribution in [2.45, 2.75) is 19.9 Å². The summed E-state index contributed by atoms with van der Waals surface area (Å²) in [6.07, 6.45) is 0. The van der Waals surface area contributed by atoms with Crippen molar-refractivity contribution < 1.29 is 0 Å². The molecule has 0 spiro atoms. The van der Waals surface area contributed by atoms with Crippen molar-refractivity contribution in [2.24, 2.45) is 5.92 Å². The van der Waals surface area contributed by atoms with Crippen LogP contribution < -0.4 is 5.32 Å². The van der Waals surface area contributed by atoms with Crippen LogP contribution in [-0.2, 0) is 0 Å². The summed E-state index contributed by atoms with van der Waals surface area (Å²) >= 11 is 0. The molecule has 2 unspecified atom stereocenters. The van der Waals surface area contributed by atoms with Gasteiger partial charge < -0.3 is 5.32 Å². The average Bonchev–Trinajstić information content (AvgIpc) is 2.01. The van der Waals surface area contributed by atoms with Gasteiger partial charge in [-0.15, -0.1) is 0 Å². The minimum atomic E-state index is 0.667. The molecule has 3 heteroatoms. The van der Waals surface area contributed by atoms with E-state index in [9.17, 15) is 0 Å². The van der Waals surface area contributed by atoms with E-state index >= 15 is 0 Å². The van der Waals surface area contributed by atoms with Gasteiger partial charge >= 0.3 is 0 Å². The van der Waals surface area contributed by atoms with E-state index in [1.54, 1.807) is 0 Å². The lowest BCUT2D eigenvalue weighted by Crippen LogP contribution is -2.49. The summed E-state index contributed by atoms with van der Waals surface area (Å²) in [6.45, 7) is 7.78. The van der Waals surface area contributed by atoms with Gasteiger partial charge in [0.15, 0.2) is 0 Å². The van der Waals surface area contributed by atoms with Gasteiger partial charge in [0.05, 0.1) is 6.67 Å². The molecule has 0 radical (unpaired) electrons. The SMILES string of the molecule is CC1CNCN(C)CN(C)C1C. The van der Waals surface area contributed by atoms with Crippen LogP contribution in [0.5, 0.6) is 0 Å². The van der Waals surface area contributed by atoms with E-state index in [1.807, 2.05) is 0 Å². The summed E-state index contributed by atoms with van der Waals surface area (Å²) in [5, 5.41) is 3.44.